The maximum absolute atomic E-state index is 2.12. The third kappa shape index (κ3) is 16.5. The molecule has 25 valence electrons. The molecule has 0 atom stereocenters. The monoisotopic (exact) mass is 94.0 g/mol. The minimum Gasteiger partial charge on any atom is -0.344 e. The summed E-state index contributed by atoms with van der Waals surface area (Å²) in [5.74, 6) is 0. The molecule has 0 aromatic heterocycles. The summed E-state index contributed by atoms with van der Waals surface area (Å²) in [6.45, 7) is 2.12. The fraction of sp³-hybridized carbons (Fsp3) is 1.00. The van der Waals surface area contributed by atoms with E-state index in [0.29, 0.717) is 0 Å². The molecule has 3 N–H and O–H groups in total. The molecular weight excluding hydrogens is 85.9 g/mol. The zero-order chi connectivity index (χ0) is 2.71. The second-order valence-electron chi connectivity index (χ2n) is 0.354. The van der Waals surface area contributed by atoms with Gasteiger partial charge in [-0.05, 0) is 0 Å². The Kier molecular flexibility index (Phi) is 20.7. The van der Waals surface area contributed by atoms with Crippen molar-refractivity contribution in [2.75, 3.05) is 0 Å². The largest absolute Gasteiger partial charge is 0.344 e. The van der Waals surface area contributed by atoms with Crippen LogP contribution in [0, 0.1) is 0 Å². The van der Waals surface area contributed by atoms with E-state index >= 15 is 0 Å². The molecule has 0 amide bonds. The Labute approximate surface area is 38.8 Å². The van der Waals surface area contributed by atoms with Crippen LogP contribution in [0.25, 0.3) is 0 Å². The van der Waals surface area contributed by atoms with Gasteiger partial charge in [0.25, 0.3) is 0 Å². The zero-order valence-electron chi connectivity index (χ0n) is 2.91. The molecule has 0 bridgehead atoms. The van der Waals surface area contributed by atoms with Crippen molar-refractivity contribution in [3.63, 3.8) is 0 Å². The van der Waals surface area contributed by atoms with Crippen molar-refractivity contribution in [3.05, 3.63) is 0 Å². The topological polar surface area (TPSA) is 35.0 Å². The van der Waals surface area contributed by atoms with E-state index in [1.165, 1.54) is 4.73 Å². The van der Waals surface area contributed by atoms with Gasteiger partial charge in [0.1, 0.15) is 0 Å². The number of rotatable bonds is 0. The first-order chi connectivity index (χ1) is 1.41. The minimum absolute atomic E-state index is 0. The maximum Gasteiger partial charge on any atom is -0.344 e. The molecule has 0 heterocycles. The van der Waals surface area contributed by atoms with Gasteiger partial charge in [0, 0.05) is 0 Å². The molecule has 2 heteroatoms. The van der Waals surface area contributed by atoms with Crippen LogP contribution in [-0.2, 0) is 20.4 Å². The molecule has 0 saturated carbocycles. The van der Waals surface area contributed by atoms with Crippen LogP contribution in [0.15, 0.2) is 0 Å². The molecule has 0 rings (SSSR count). The van der Waals surface area contributed by atoms with Gasteiger partial charge in [-0.2, -0.15) is 0 Å². The van der Waals surface area contributed by atoms with E-state index in [0.717, 1.165) is 0 Å². The molecule has 0 spiro atoms. The molecule has 0 aliphatic carbocycles. The summed E-state index contributed by atoms with van der Waals surface area (Å²) in [6.07, 6.45) is 0. The molecule has 0 fully saturated rings. The van der Waals surface area contributed by atoms with E-state index in [2.05, 4.69) is 27.4 Å². The molecule has 0 radical (unpaired) electrons. The average Bonchev–Trinajstić information content (AvgIpc) is 0.918. The van der Waals surface area contributed by atoms with Crippen LogP contribution in [0.1, 0.15) is 6.92 Å². The average molecular weight is 94.0 g/mol. The maximum atomic E-state index is 2.12. The fourth-order valence-corrected chi connectivity index (χ4v) is 0. The Balaban J connectivity index is 0. The van der Waals surface area contributed by atoms with Crippen molar-refractivity contribution in [2.45, 2.75) is 11.6 Å². The number of hydrogen-bond donors (Lipinski definition) is 1. The first-order valence-corrected chi connectivity index (χ1v) is 2.16. The smallest absolute Gasteiger partial charge is 0.344 e. The first-order valence-electron chi connectivity index (χ1n) is 1.06. The predicted octanol–water partition coefficient (Wildman–Crippen LogP) is 1.13. The molecule has 0 saturated heterocycles. The van der Waals surface area contributed by atoms with Crippen LogP contribution in [0.5, 0.6) is 0 Å². The van der Waals surface area contributed by atoms with Crippen molar-refractivity contribution >= 4 is 0 Å². The van der Waals surface area contributed by atoms with Gasteiger partial charge >= 0.3 is 32.1 Å². The standard InChI is InChI=1S/C2H5.H3N.Ti/c1-2;;/h1H2,2H3;1H3;. The molecule has 0 unspecified atom stereocenters. The molecular formula is C2H8NTi. The number of hydrogen-bond acceptors (Lipinski definition) is 1. The Morgan fingerprint density at radius 2 is 1.75 bits per heavy atom. The Bertz CT molecular complexity index is 6.00. The molecule has 4 heavy (non-hydrogen) atoms. The fourth-order valence-electron chi connectivity index (χ4n) is 0. The van der Waals surface area contributed by atoms with Gasteiger partial charge < -0.3 is 6.15 Å². The van der Waals surface area contributed by atoms with Crippen molar-refractivity contribution in [2.24, 2.45) is 0 Å². The summed E-state index contributed by atoms with van der Waals surface area (Å²) < 4.78 is 1.25. The van der Waals surface area contributed by atoms with Gasteiger partial charge in [0.05, 0.1) is 0 Å². The summed E-state index contributed by atoms with van der Waals surface area (Å²) in [4.78, 5) is 0. The van der Waals surface area contributed by atoms with Gasteiger partial charge in [-0.1, -0.05) is 0 Å². The van der Waals surface area contributed by atoms with E-state index in [4.69, 9.17) is 0 Å². The summed E-state index contributed by atoms with van der Waals surface area (Å²) >= 11 is 2.12. The van der Waals surface area contributed by atoms with Crippen LogP contribution in [0.3, 0.4) is 0 Å². The molecule has 0 aliphatic heterocycles. The molecule has 1 nitrogen and oxygen atoms in total. The van der Waals surface area contributed by atoms with Gasteiger partial charge in [-0.25, -0.2) is 0 Å². The predicted molar refractivity (Wildman–Crippen MR) is 15.5 cm³/mol. The van der Waals surface area contributed by atoms with Crippen LogP contribution in [0.2, 0.25) is 4.73 Å². The summed E-state index contributed by atoms with van der Waals surface area (Å²) in [5, 5.41) is 0. The zero-order valence-corrected chi connectivity index (χ0v) is 4.48. The third-order valence-corrected chi connectivity index (χ3v) is 0. The van der Waals surface area contributed by atoms with Crippen LogP contribution in [0.4, 0.5) is 0 Å². The second-order valence-corrected chi connectivity index (χ2v) is 1.46. The van der Waals surface area contributed by atoms with Crippen molar-refractivity contribution in [3.8, 4) is 0 Å². The van der Waals surface area contributed by atoms with E-state index < -0.39 is 0 Å². The van der Waals surface area contributed by atoms with E-state index in [1.807, 2.05) is 0 Å². The summed E-state index contributed by atoms with van der Waals surface area (Å²) in [5.41, 5.74) is 0. The second kappa shape index (κ2) is 9.37. The van der Waals surface area contributed by atoms with Crippen molar-refractivity contribution in [1.82, 2.24) is 6.15 Å². The van der Waals surface area contributed by atoms with Gasteiger partial charge in [0.2, 0.25) is 0 Å². The summed E-state index contributed by atoms with van der Waals surface area (Å²) in [7, 11) is 0. The van der Waals surface area contributed by atoms with Crippen molar-refractivity contribution < 1.29 is 20.4 Å². The Morgan fingerprint density at radius 3 is 1.75 bits per heavy atom. The first kappa shape index (κ1) is 8.82. The van der Waals surface area contributed by atoms with E-state index in [9.17, 15) is 0 Å². The van der Waals surface area contributed by atoms with Gasteiger partial charge in [0.15, 0.2) is 0 Å². The van der Waals surface area contributed by atoms with Crippen molar-refractivity contribution in [1.29, 1.82) is 0 Å². The normalized spacial score (nSPS) is 4.00. The molecule has 0 aromatic rings. The minimum atomic E-state index is 0. The SMILES string of the molecule is C[CH2][Ti].N. The summed E-state index contributed by atoms with van der Waals surface area (Å²) in [6, 6.07) is 0. The van der Waals surface area contributed by atoms with Gasteiger partial charge in [-0.15, -0.1) is 0 Å². The molecule has 0 aliphatic rings. The van der Waals surface area contributed by atoms with Gasteiger partial charge in [-0.3, -0.25) is 0 Å². The Morgan fingerprint density at radius 1 is 1.75 bits per heavy atom. The van der Waals surface area contributed by atoms with E-state index in [1.54, 1.807) is 0 Å². The van der Waals surface area contributed by atoms with Crippen LogP contribution >= 0.6 is 0 Å². The van der Waals surface area contributed by atoms with Crippen LogP contribution in [-0.4, -0.2) is 0 Å². The van der Waals surface area contributed by atoms with Crippen LogP contribution < -0.4 is 6.15 Å². The quantitative estimate of drug-likeness (QED) is 0.448. The molecule has 0 aromatic carbocycles. The van der Waals surface area contributed by atoms with E-state index in [-0.39, 0.29) is 6.15 Å². The Hall–Kier alpha value is 0.674. The third-order valence-electron chi connectivity index (χ3n) is 0.